The van der Waals surface area contributed by atoms with Crippen LogP contribution < -0.4 is 5.32 Å². The van der Waals surface area contributed by atoms with Gasteiger partial charge in [-0.15, -0.1) is 24.0 Å². The largest absolute Gasteiger partial charge is 0.469 e. The van der Waals surface area contributed by atoms with Gasteiger partial charge < -0.3 is 15.0 Å². The zero-order chi connectivity index (χ0) is 21.5. The van der Waals surface area contributed by atoms with E-state index in [4.69, 9.17) is 4.74 Å². The van der Waals surface area contributed by atoms with Crippen LogP contribution in [0.5, 0.6) is 0 Å². The van der Waals surface area contributed by atoms with Crippen LogP contribution in [0.25, 0.3) is 0 Å². The van der Waals surface area contributed by atoms with Crippen molar-refractivity contribution < 1.29 is 9.53 Å². The molecule has 2 fully saturated rings. The lowest BCUT2D eigenvalue weighted by Gasteiger charge is -2.35. The topological polar surface area (TPSA) is 57.2 Å². The number of nitrogens with zero attached hydrogens (tertiary/aromatic N) is 3. The average molecular weight is 543 g/mol. The van der Waals surface area contributed by atoms with Crippen molar-refractivity contribution in [2.45, 2.75) is 46.2 Å². The molecule has 0 radical (unpaired) electrons. The lowest BCUT2D eigenvalue weighted by atomic mass is 9.91. The van der Waals surface area contributed by atoms with Gasteiger partial charge in [-0.1, -0.05) is 38.1 Å². The molecular formula is C24H39IN4O2. The van der Waals surface area contributed by atoms with E-state index in [-0.39, 0.29) is 35.9 Å². The molecule has 2 aliphatic heterocycles. The third-order valence-electron chi connectivity index (χ3n) is 6.37. The predicted octanol–water partition coefficient (Wildman–Crippen LogP) is 3.74. The maximum atomic E-state index is 11.7. The average Bonchev–Trinajstić information content (AvgIpc) is 2.74. The molecule has 0 spiro atoms. The summed E-state index contributed by atoms with van der Waals surface area (Å²) >= 11 is 0. The fourth-order valence-electron chi connectivity index (χ4n) is 4.95. The number of aliphatic imine (C=N–C) groups is 1. The van der Waals surface area contributed by atoms with Crippen molar-refractivity contribution in [3.05, 3.63) is 35.4 Å². The van der Waals surface area contributed by atoms with Crippen molar-refractivity contribution in [2.75, 3.05) is 40.3 Å². The van der Waals surface area contributed by atoms with Crippen molar-refractivity contribution in [1.29, 1.82) is 0 Å². The maximum absolute atomic E-state index is 11.7. The van der Waals surface area contributed by atoms with Gasteiger partial charge in [0.25, 0.3) is 0 Å². The fraction of sp³-hybridized carbons (Fsp3) is 0.667. The number of halogens is 1. The maximum Gasteiger partial charge on any atom is 0.308 e. The normalized spacial score (nSPS) is 23.2. The van der Waals surface area contributed by atoms with Gasteiger partial charge in [-0.25, -0.2) is 0 Å². The quantitative estimate of drug-likeness (QED) is 0.266. The first-order valence-electron chi connectivity index (χ1n) is 11.3. The molecular weight excluding hydrogens is 503 g/mol. The van der Waals surface area contributed by atoms with Gasteiger partial charge in [-0.3, -0.25) is 14.7 Å². The van der Waals surface area contributed by atoms with Crippen molar-refractivity contribution >= 4 is 35.9 Å². The molecule has 0 aromatic heterocycles. The summed E-state index contributed by atoms with van der Waals surface area (Å²) in [5.41, 5.74) is 2.64. The Labute approximate surface area is 204 Å². The highest BCUT2D eigenvalue weighted by atomic mass is 127. The van der Waals surface area contributed by atoms with Gasteiger partial charge in [0, 0.05) is 46.3 Å². The number of ether oxygens (including phenoxy) is 1. The Balaban J connectivity index is 0.00000341. The number of hydrogen-bond acceptors (Lipinski definition) is 4. The number of piperidine rings is 2. The Kier molecular flexibility index (Phi) is 10.6. The van der Waals surface area contributed by atoms with E-state index >= 15 is 0 Å². The van der Waals surface area contributed by atoms with Crippen LogP contribution in [0, 0.1) is 17.8 Å². The minimum Gasteiger partial charge on any atom is -0.469 e. The number of carbonyl (C=O) groups is 1. The molecule has 31 heavy (non-hydrogen) atoms. The third-order valence-corrected chi connectivity index (χ3v) is 6.37. The summed E-state index contributed by atoms with van der Waals surface area (Å²) in [5, 5.41) is 3.48. The van der Waals surface area contributed by atoms with E-state index in [0.717, 1.165) is 56.8 Å². The summed E-state index contributed by atoms with van der Waals surface area (Å²) in [6, 6.07) is 8.95. The highest BCUT2D eigenvalue weighted by Crippen LogP contribution is 2.22. The molecule has 1 aromatic rings. The number of nitrogens with one attached hydrogen (secondary N) is 1. The lowest BCUT2D eigenvalue weighted by Crippen LogP contribution is -2.46. The van der Waals surface area contributed by atoms with E-state index in [1.807, 2.05) is 7.05 Å². The Morgan fingerprint density at radius 2 is 1.68 bits per heavy atom. The van der Waals surface area contributed by atoms with E-state index in [1.54, 1.807) is 0 Å². The van der Waals surface area contributed by atoms with Gasteiger partial charge in [-0.2, -0.15) is 0 Å². The fourth-order valence-corrected chi connectivity index (χ4v) is 4.95. The van der Waals surface area contributed by atoms with Gasteiger partial charge >= 0.3 is 5.97 Å². The summed E-state index contributed by atoms with van der Waals surface area (Å²) in [5.74, 6) is 2.41. The molecule has 0 amide bonds. The first-order valence-corrected chi connectivity index (χ1v) is 11.3. The van der Waals surface area contributed by atoms with Gasteiger partial charge in [-0.05, 0) is 42.2 Å². The summed E-state index contributed by atoms with van der Waals surface area (Å²) in [4.78, 5) is 21.0. The SMILES string of the molecule is CN=C(NCc1ccc(CN2CC(C)CC(C)C2)cc1)N1CCC(C(=O)OC)CC1.I. The molecule has 3 rings (SSSR count). The number of rotatable bonds is 5. The van der Waals surface area contributed by atoms with Crippen LogP contribution in [0.15, 0.2) is 29.3 Å². The summed E-state index contributed by atoms with van der Waals surface area (Å²) in [6.07, 6.45) is 2.98. The Bertz CT molecular complexity index is 707. The molecule has 6 nitrogen and oxygen atoms in total. The molecule has 2 aliphatic rings. The van der Waals surface area contributed by atoms with Gasteiger partial charge in [0.05, 0.1) is 13.0 Å². The second-order valence-electron chi connectivity index (χ2n) is 9.14. The molecule has 0 bridgehead atoms. The summed E-state index contributed by atoms with van der Waals surface area (Å²) in [6.45, 7) is 10.6. The number of esters is 1. The Hall–Kier alpha value is -1.35. The zero-order valence-electron chi connectivity index (χ0n) is 19.5. The van der Waals surface area contributed by atoms with Crippen LogP contribution in [0.1, 0.15) is 44.2 Å². The first kappa shape index (κ1) is 25.9. The van der Waals surface area contributed by atoms with Crippen LogP contribution in [-0.4, -0.2) is 62.1 Å². The molecule has 7 heteroatoms. The summed E-state index contributed by atoms with van der Waals surface area (Å²) < 4.78 is 4.88. The number of likely N-dealkylation sites (tertiary alicyclic amines) is 2. The van der Waals surface area contributed by atoms with E-state index in [2.05, 4.69) is 58.2 Å². The number of hydrogen-bond donors (Lipinski definition) is 1. The summed E-state index contributed by atoms with van der Waals surface area (Å²) in [7, 11) is 3.28. The predicted molar refractivity (Wildman–Crippen MR) is 137 cm³/mol. The van der Waals surface area contributed by atoms with E-state index < -0.39 is 0 Å². The molecule has 0 aliphatic carbocycles. The van der Waals surface area contributed by atoms with Crippen molar-refractivity contribution in [1.82, 2.24) is 15.1 Å². The Morgan fingerprint density at radius 1 is 1.10 bits per heavy atom. The number of guanidine groups is 1. The minimum absolute atomic E-state index is 0. The van der Waals surface area contributed by atoms with Crippen LogP contribution in [-0.2, 0) is 22.6 Å². The highest BCUT2D eigenvalue weighted by Gasteiger charge is 2.27. The van der Waals surface area contributed by atoms with Gasteiger partial charge in [0.2, 0.25) is 0 Å². The van der Waals surface area contributed by atoms with Crippen molar-refractivity contribution in [3.63, 3.8) is 0 Å². The van der Waals surface area contributed by atoms with Gasteiger partial charge in [0.1, 0.15) is 0 Å². The van der Waals surface area contributed by atoms with Crippen molar-refractivity contribution in [3.8, 4) is 0 Å². The van der Waals surface area contributed by atoms with Crippen LogP contribution in [0.3, 0.4) is 0 Å². The minimum atomic E-state index is -0.0915. The highest BCUT2D eigenvalue weighted by molar-refractivity contribution is 14.0. The van der Waals surface area contributed by atoms with Gasteiger partial charge in [0.15, 0.2) is 5.96 Å². The van der Waals surface area contributed by atoms with Crippen LogP contribution in [0.2, 0.25) is 0 Å². The standard InChI is InChI=1S/C24H38N4O2.HI/c1-18-13-19(2)16-27(15-18)17-21-7-5-20(6-8-21)14-26-24(25-3)28-11-9-22(10-12-28)23(29)30-4;/h5-8,18-19,22H,9-17H2,1-4H3,(H,25,26);1H. The van der Waals surface area contributed by atoms with Crippen molar-refractivity contribution in [2.24, 2.45) is 22.7 Å². The van der Waals surface area contributed by atoms with Crippen LogP contribution in [0.4, 0.5) is 0 Å². The third kappa shape index (κ3) is 7.63. The molecule has 174 valence electrons. The number of benzene rings is 1. The number of methoxy groups -OCH3 is 1. The molecule has 2 atom stereocenters. The van der Waals surface area contributed by atoms with E-state index in [0.29, 0.717) is 0 Å². The molecule has 0 saturated carbocycles. The smallest absolute Gasteiger partial charge is 0.308 e. The van der Waals surface area contributed by atoms with E-state index in [9.17, 15) is 4.79 Å². The number of carbonyl (C=O) groups excluding carboxylic acids is 1. The Morgan fingerprint density at radius 3 is 2.23 bits per heavy atom. The molecule has 1 N–H and O–H groups in total. The second kappa shape index (κ2) is 12.6. The molecule has 2 heterocycles. The molecule has 2 unspecified atom stereocenters. The van der Waals surface area contributed by atoms with Crippen LogP contribution >= 0.6 is 24.0 Å². The van der Waals surface area contributed by atoms with E-state index in [1.165, 1.54) is 37.7 Å². The molecule has 2 saturated heterocycles. The molecule has 1 aromatic carbocycles. The lowest BCUT2D eigenvalue weighted by molar-refractivity contribution is -0.146. The second-order valence-corrected chi connectivity index (χ2v) is 9.14. The first-order chi connectivity index (χ1) is 14.5. The monoisotopic (exact) mass is 542 g/mol. The zero-order valence-corrected chi connectivity index (χ0v) is 21.8.